The molecule has 2 N–H and O–H groups in total. The largest absolute Gasteiger partial charge is 0.481 e. The Morgan fingerprint density at radius 2 is 1.92 bits per heavy atom. The van der Waals surface area contributed by atoms with Crippen LogP contribution in [0.3, 0.4) is 0 Å². The minimum Gasteiger partial charge on any atom is -0.481 e. The summed E-state index contributed by atoms with van der Waals surface area (Å²) >= 11 is 0. The molecular formula is C19H23NO6. The minimum atomic E-state index is -1.08. The van der Waals surface area contributed by atoms with E-state index in [1.165, 1.54) is 19.1 Å². The van der Waals surface area contributed by atoms with Gasteiger partial charge in [-0.25, -0.2) is 9.59 Å². The summed E-state index contributed by atoms with van der Waals surface area (Å²) in [6.45, 7) is 7.09. The summed E-state index contributed by atoms with van der Waals surface area (Å²) in [5.74, 6) is -1.13. The SMILES string of the molecule is Cc1cc(=O)oc2cc(O[C@H](C)C(=O)N[C@@H](CC(C)C)C(=O)O)ccc12. The van der Waals surface area contributed by atoms with Gasteiger partial charge in [0.15, 0.2) is 6.10 Å². The van der Waals surface area contributed by atoms with E-state index in [1.54, 1.807) is 19.1 Å². The van der Waals surface area contributed by atoms with Crippen LogP contribution in [0.15, 0.2) is 33.5 Å². The first-order valence-electron chi connectivity index (χ1n) is 8.41. The number of carbonyl (C=O) groups excluding carboxylic acids is 1. The van der Waals surface area contributed by atoms with Crippen LogP contribution in [0.4, 0.5) is 0 Å². The van der Waals surface area contributed by atoms with Gasteiger partial charge in [0.2, 0.25) is 0 Å². The fraction of sp³-hybridized carbons (Fsp3) is 0.421. The first-order chi connectivity index (χ1) is 12.2. The van der Waals surface area contributed by atoms with E-state index >= 15 is 0 Å². The van der Waals surface area contributed by atoms with Crippen LogP contribution in [0.2, 0.25) is 0 Å². The number of fused-ring (bicyclic) bond motifs is 1. The van der Waals surface area contributed by atoms with Crippen molar-refractivity contribution in [2.24, 2.45) is 5.92 Å². The first-order valence-corrected chi connectivity index (χ1v) is 8.41. The van der Waals surface area contributed by atoms with E-state index in [4.69, 9.17) is 9.15 Å². The fourth-order valence-electron chi connectivity index (χ4n) is 2.62. The summed E-state index contributed by atoms with van der Waals surface area (Å²) in [6.07, 6.45) is -0.577. The number of aryl methyl sites for hydroxylation is 1. The van der Waals surface area contributed by atoms with Crippen molar-refractivity contribution < 1.29 is 23.8 Å². The average Bonchev–Trinajstić information content (AvgIpc) is 2.52. The van der Waals surface area contributed by atoms with Crippen LogP contribution in [0, 0.1) is 12.8 Å². The molecule has 0 fully saturated rings. The number of ether oxygens (including phenoxy) is 1. The van der Waals surface area contributed by atoms with Gasteiger partial charge in [0.1, 0.15) is 17.4 Å². The van der Waals surface area contributed by atoms with Crippen LogP contribution in [-0.4, -0.2) is 29.1 Å². The molecule has 0 aliphatic heterocycles. The molecule has 1 amide bonds. The van der Waals surface area contributed by atoms with Gasteiger partial charge in [-0.05, 0) is 43.9 Å². The molecule has 7 nitrogen and oxygen atoms in total. The lowest BCUT2D eigenvalue weighted by molar-refractivity contribution is -0.143. The van der Waals surface area contributed by atoms with Gasteiger partial charge in [0, 0.05) is 17.5 Å². The van der Waals surface area contributed by atoms with Gasteiger partial charge in [0.25, 0.3) is 5.91 Å². The Bertz CT molecular complexity index is 870. The first kappa shape index (κ1) is 19.5. The Morgan fingerprint density at radius 1 is 1.23 bits per heavy atom. The number of rotatable bonds is 7. The number of hydrogen-bond donors (Lipinski definition) is 2. The van der Waals surface area contributed by atoms with E-state index in [9.17, 15) is 19.5 Å². The van der Waals surface area contributed by atoms with Crippen molar-refractivity contribution in [1.29, 1.82) is 0 Å². The Labute approximate surface area is 151 Å². The number of carbonyl (C=O) groups is 2. The lowest BCUT2D eigenvalue weighted by atomic mass is 10.0. The second-order valence-electron chi connectivity index (χ2n) is 6.70. The van der Waals surface area contributed by atoms with E-state index in [-0.39, 0.29) is 5.92 Å². The summed E-state index contributed by atoms with van der Waals surface area (Å²) in [4.78, 5) is 35.0. The van der Waals surface area contributed by atoms with E-state index in [0.29, 0.717) is 17.8 Å². The molecule has 0 saturated heterocycles. The molecular weight excluding hydrogens is 338 g/mol. The highest BCUT2D eigenvalue weighted by atomic mass is 16.5. The molecule has 0 unspecified atom stereocenters. The molecule has 0 bridgehead atoms. The van der Waals surface area contributed by atoms with Crippen molar-refractivity contribution in [3.63, 3.8) is 0 Å². The lowest BCUT2D eigenvalue weighted by Gasteiger charge is -2.20. The van der Waals surface area contributed by atoms with Crippen LogP contribution in [-0.2, 0) is 9.59 Å². The quantitative estimate of drug-likeness (QED) is 0.734. The van der Waals surface area contributed by atoms with Gasteiger partial charge in [-0.1, -0.05) is 13.8 Å². The summed E-state index contributed by atoms with van der Waals surface area (Å²) < 4.78 is 10.7. The van der Waals surface area contributed by atoms with Crippen LogP contribution in [0.25, 0.3) is 11.0 Å². The number of benzene rings is 1. The van der Waals surface area contributed by atoms with Crippen molar-refractivity contribution in [1.82, 2.24) is 5.32 Å². The Kier molecular flexibility index (Phi) is 6.02. The maximum absolute atomic E-state index is 12.2. The Hall–Kier alpha value is -2.83. The van der Waals surface area contributed by atoms with Crippen LogP contribution in [0.5, 0.6) is 5.75 Å². The van der Waals surface area contributed by atoms with Crippen LogP contribution in [0.1, 0.15) is 32.8 Å². The fourth-order valence-corrected chi connectivity index (χ4v) is 2.62. The van der Waals surface area contributed by atoms with E-state index in [2.05, 4.69) is 5.32 Å². The van der Waals surface area contributed by atoms with Gasteiger partial charge >= 0.3 is 11.6 Å². The molecule has 2 aromatic rings. The van der Waals surface area contributed by atoms with E-state index in [0.717, 1.165) is 10.9 Å². The third kappa shape index (κ3) is 4.84. The predicted molar refractivity (Wildman–Crippen MR) is 96.3 cm³/mol. The third-order valence-corrected chi connectivity index (χ3v) is 3.93. The molecule has 140 valence electrons. The molecule has 1 heterocycles. The molecule has 1 aromatic heterocycles. The standard InChI is InChI=1S/C19H23NO6/c1-10(2)7-15(19(23)24)20-18(22)12(4)25-13-5-6-14-11(3)8-17(21)26-16(14)9-13/h5-6,8-10,12,15H,7H2,1-4H3,(H,20,22)(H,23,24)/t12-,15+/m1/s1. The van der Waals surface area contributed by atoms with Gasteiger partial charge in [-0.2, -0.15) is 0 Å². The maximum atomic E-state index is 12.2. The second-order valence-corrected chi connectivity index (χ2v) is 6.70. The number of nitrogens with one attached hydrogen (secondary N) is 1. The number of carboxylic acids is 1. The zero-order valence-corrected chi connectivity index (χ0v) is 15.2. The highest BCUT2D eigenvalue weighted by molar-refractivity contribution is 5.86. The van der Waals surface area contributed by atoms with Gasteiger partial charge < -0.3 is 19.6 Å². The Morgan fingerprint density at radius 3 is 2.54 bits per heavy atom. The molecule has 0 aliphatic carbocycles. The summed E-state index contributed by atoms with van der Waals surface area (Å²) in [7, 11) is 0. The second kappa shape index (κ2) is 8.03. The lowest BCUT2D eigenvalue weighted by Crippen LogP contribution is -2.46. The molecule has 0 aliphatic rings. The summed E-state index contributed by atoms with van der Waals surface area (Å²) in [6, 6.07) is 5.38. The van der Waals surface area contributed by atoms with Gasteiger partial charge in [-0.3, -0.25) is 4.79 Å². The number of hydrogen-bond acceptors (Lipinski definition) is 5. The monoisotopic (exact) mass is 361 g/mol. The van der Waals surface area contributed by atoms with Gasteiger partial charge in [0.05, 0.1) is 0 Å². The van der Waals surface area contributed by atoms with Crippen molar-refractivity contribution in [2.45, 2.75) is 46.3 Å². The van der Waals surface area contributed by atoms with Crippen molar-refractivity contribution in [3.8, 4) is 5.75 Å². The van der Waals surface area contributed by atoms with Crippen molar-refractivity contribution >= 4 is 22.8 Å². The number of amides is 1. The molecule has 26 heavy (non-hydrogen) atoms. The molecule has 2 atom stereocenters. The predicted octanol–water partition coefficient (Wildman–Crippen LogP) is 2.48. The topological polar surface area (TPSA) is 106 Å². The van der Waals surface area contributed by atoms with Crippen LogP contribution < -0.4 is 15.7 Å². The van der Waals surface area contributed by atoms with Crippen LogP contribution >= 0.6 is 0 Å². The molecule has 7 heteroatoms. The highest BCUT2D eigenvalue weighted by Gasteiger charge is 2.24. The zero-order valence-electron chi connectivity index (χ0n) is 15.2. The minimum absolute atomic E-state index is 0.124. The molecule has 0 radical (unpaired) electrons. The average molecular weight is 361 g/mol. The van der Waals surface area contributed by atoms with E-state index < -0.39 is 29.6 Å². The van der Waals surface area contributed by atoms with Crippen molar-refractivity contribution in [3.05, 3.63) is 40.2 Å². The smallest absolute Gasteiger partial charge is 0.336 e. The maximum Gasteiger partial charge on any atom is 0.336 e. The van der Waals surface area contributed by atoms with Crippen molar-refractivity contribution in [2.75, 3.05) is 0 Å². The zero-order chi connectivity index (χ0) is 19.4. The normalized spacial score (nSPS) is 13.4. The molecule has 2 rings (SSSR count). The third-order valence-electron chi connectivity index (χ3n) is 3.93. The van der Waals surface area contributed by atoms with Gasteiger partial charge in [-0.15, -0.1) is 0 Å². The Balaban J connectivity index is 2.12. The van der Waals surface area contributed by atoms with E-state index in [1.807, 2.05) is 13.8 Å². The number of aliphatic carboxylic acids is 1. The number of carboxylic acid groups (broad SMARTS) is 1. The molecule has 1 aromatic carbocycles. The molecule has 0 spiro atoms. The summed E-state index contributed by atoms with van der Waals surface area (Å²) in [5.41, 5.74) is 0.686. The highest BCUT2D eigenvalue weighted by Crippen LogP contribution is 2.23. The summed E-state index contributed by atoms with van der Waals surface area (Å²) in [5, 5.41) is 12.5. The molecule has 0 saturated carbocycles.